The van der Waals surface area contributed by atoms with E-state index in [9.17, 15) is 0 Å². The summed E-state index contributed by atoms with van der Waals surface area (Å²) in [5, 5.41) is 0. The van der Waals surface area contributed by atoms with E-state index in [0.717, 1.165) is 6.54 Å². The molecule has 0 saturated carbocycles. The SMILES string of the molecule is CC[n+]1ccc(C)cc1C.I. The molecule has 1 nitrogen and oxygen atoms in total. The van der Waals surface area contributed by atoms with Gasteiger partial charge in [0.1, 0.15) is 6.54 Å². The highest BCUT2D eigenvalue weighted by Crippen LogP contribution is 1.95. The average Bonchev–Trinajstić information content (AvgIpc) is 1.88. The molecule has 0 aromatic carbocycles. The Morgan fingerprint density at radius 2 is 2.00 bits per heavy atom. The van der Waals surface area contributed by atoms with Crippen molar-refractivity contribution < 1.29 is 4.57 Å². The van der Waals surface area contributed by atoms with Gasteiger partial charge in [0.25, 0.3) is 0 Å². The normalized spacial score (nSPS) is 9.00. The van der Waals surface area contributed by atoms with Crippen molar-refractivity contribution in [3.05, 3.63) is 29.6 Å². The molecule has 0 N–H and O–H groups in total. The van der Waals surface area contributed by atoms with Crippen molar-refractivity contribution in [2.45, 2.75) is 27.3 Å². The monoisotopic (exact) mass is 264 g/mol. The molecule has 0 atom stereocenters. The molecule has 0 bridgehead atoms. The quantitative estimate of drug-likeness (QED) is 0.541. The Morgan fingerprint density at radius 1 is 1.36 bits per heavy atom. The van der Waals surface area contributed by atoms with Crippen LogP contribution in [0.15, 0.2) is 18.3 Å². The standard InChI is InChI=1S/C9H14N.HI/c1-4-10-6-5-8(2)7-9(10)3;/h5-7H,4H2,1-3H3;1H/q+1;. The molecule has 0 amide bonds. The van der Waals surface area contributed by atoms with Crippen LogP contribution in [-0.4, -0.2) is 0 Å². The van der Waals surface area contributed by atoms with Crippen LogP contribution >= 0.6 is 24.0 Å². The molecule has 0 aliphatic heterocycles. The van der Waals surface area contributed by atoms with Gasteiger partial charge in [-0.1, -0.05) is 0 Å². The van der Waals surface area contributed by atoms with Crippen molar-refractivity contribution in [2.24, 2.45) is 0 Å². The molecule has 11 heavy (non-hydrogen) atoms. The summed E-state index contributed by atoms with van der Waals surface area (Å²) in [5.41, 5.74) is 2.67. The lowest BCUT2D eigenvalue weighted by Gasteiger charge is -1.96. The number of halogens is 1. The number of aryl methyl sites for hydroxylation is 3. The summed E-state index contributed by atoms with van der Waals surface area (Å²) < 4.78 is 2.23. The predicted molar refractivity (Wildman–Crippen MR) is 57.2 cm³/mol. The van der Waals surface area contributed by atoms with Crippen LogP contribution in [0.25, 0.3) is 0 Å². The molecule has 0 fully saturated rings. The number of pyridine rings is 1. The van der Waals surface area contributed by atoms with E-state index in [1.54, 1.807) is 0 Å². The Balaban J connectivity index is 0.000001000. The van der Waals surface area contributed by atoms with E-state index in [-0.39, 0.29) is 24.0 Å². The summed E-state index contributed by atoms with van der Waals surface area (Å²) in [5.74, 6) is 0. The van der Waals surface area contributed by atoms with Gasteiger partial charge in [-0.05, 0) is 19.4 Å². The van der Waals surface area contributed by atoms with Crippen molar-refractivity contribution in [3.63, 3.8) is 0 Å². The summed E-state index contributed by atoms with van der Waals surface area (Å²) in [7, 11) is 0. The molecule has 2 heteroatoms. The summed E-state index contributed by atoms with van der Waals surface area (Å²) in [4.78, 5) is 0. The third kappa shape index (κ3) is 2.77. The molecular weight excluding hydrogens is 249 g/mol. The molecule has 1 aromatic heterocycles. The molecular formula is C9H15IN+. The fraction of sp³-hybridized carbons (Fsp3) is 0.444. The zero-order chi connectivity index (χ0) is 7.56. The molecule has 0 spiro atoms. The summed E-state index contributed by atoms with van der Waals surface area (Å²) in [6.45, 7) is 7.47. The van der Waals surface area contributed by atoms with Crippen LogP contribution < -0.4 is 4.57 Å². The van der Waals surface area contributed by atoms with E-state index in [1.807, 2.05) is 0 Å². The Labute approximate surface area is 85.5 Å². The van der Waals surface area contributed by atoms with Crippen LogP contribution in [0.3, 0.4) is 0 Å². The van der Waals surface area contributed by atoms with E-state index >= 15 is 0 Å². The largest absolute Gasteiger partial charge is 0.203 e. The minimum Gasteiger partial charge on any atom is -0.203 e. The van der Waals surface area contributed by atoms with Gasteiger partial charge in [0.05, 0.1) is 0 Å². The second-order valence-corrected chi connectivity index (χ2v) is 2.63. The zero-order valence-electron chi connectivity index (χ0n) is 7.29. The van der Waals surface area contributed by atoms with Crippen molar-refractivity contribution in [3.8, 4) is 0 Å². The fourth-order valence-corrected chi connectivity index (χ4v) is 1.14. The average molecular weight is 264 g/mol. The first kappa shape index (κ1) is 10.9. The minimum absolute atomic E-state index is 0. The summed E-state index contributed by atoms with van der Waals surface area (Å²) >= 11 is 0. The second-order valence-electron chi connectivity index (χ2n) is 2.63. The highest BCUT2D eigenvalue weighted by molar-refractivity contribution is 14.0. The molecule has 62 valence electrons. The third-order valence-electron chi connectivity index (χ3n) is 1.75. The van der Waals surface area contributed by atoms with Gasteiger partial charge in [0.15, 0.2) is 11.9 Å². The van der Waals surface area contributed by atoms with Gasteiger partial charge < -0.3 is 0 Å². The first-order valence-corrected chi connectivity index (χ1v) is 3.70. The Bertz CT molecular complexity index is 233. The van der Waals surface area contributed by atoms with Gasteiger partial charge in [0.2, 0.25) is 0 Å². The van der Waals surface area contributed by atoms with Crippen molar-refractivity contribution in [2.75, 3.05) is 0 Å². The lowest BCUT2D eigenvalue weighted by Crippen LogP contribution is -2.35. The molecule has 0 aliphatic carbocycles. The summed E-state index contributed by atoms with van der Waals surface area (Å²) in [6.07, 6.45) is 2.13. The van der Waals surface area contributed by atoms with E-state index in [0.29, 0.717) is 0 Å². The molecule has 0 radical (unpaired) electrons. The molecule has 1 aromatic rings. The first-order chi connectivity index (χ1) is 4.74. The third-order valence-corrected chi connectivity index (χ3v) is 1.75. The maximum absolute atomic E-state index is 2.23. The van der Waals surface area contributed by atoms with Crippen LogP contribution in [0.1, 0.15) is 18.2 Å². The highest BCUT2D eigenvalue weighted by Gasteiger charge is 2.00. The minimum atomic E-state index is 0. The van der Waals surface area contributed by atoms with Crippen LogP contribution in [0.2, 0.25) is 0 Å². The smallest absolute Gasteiger partial charge is 0.178 e. The topological polar surface area (TPSA) is 3.88 Å². The zero-order valence-corrected chi connectivity index (χ0v) is 9.62. The molecule has 0 aliphatic rings. The van der Waals surface area contributed by atoms with E-state index in [4.69, 9.17) is 0 Å². The van der Waals surface area contributed by atoms with Crippen molar-refractivity contribution in [1.29, 1.82) is 0 Å². The lowest BCUT2D eigenvalue weighted by atomic mass is 10.2. The lowest BCUT2D eigenvalue weighted by molar-refractivity contribution is -0.699. The maximum atomic E-state index is 2.23. The molecule has 1 heterocycles. The Morgan fingerprint density at radius 3 is 2.45 bits per heavy atom. The highest BCUT2D eigenvalue weighted by atomic mass is 127. The second kappa shape index (κ2) is 4.70. The van der Waals surface area contributed by atoms with Gasteiger partial charge in [0, 0.05) is 19.1 Å². The van der Waals surface area contributed by atoms with E-state index < -0.39 is 0 Å². The molecule has 1 rings (SSSR count). The first-order valence-electron chi connectivity index (χ1n) is 3.70. The Hall–Kier alpha value is -0.120. The van der Waals surface area contributed by atoms with Gasteiger partial charge >= 0.3 is 0 Å². The van der Waals surface area contributed by atoms with E-state index in [1.165, 1.54) is 11.3 Å². The number of hydrogen-bond donors (Lipinski definition) is 0. The summed E-state index contributed by atoms with van der Waals surface area (Å²) in [6, 6.07) is 4.33. The fourth-order valence-electron chi connectivity index (χ4n) is 1.14. The van der Waals surface area contributed by atoms with Crippen LogP contribution in [0.4, 0.5) is 0 Å². The van der Waals surface area contributed by atoms with Crippen molar-refractivity contribution >= 4 is 24.0 Å². The van der Waals surface area contributed by atoms with Gasteiger partial charge in [-0.25, -0.2) is 4.57 Å². The molecule has 0 unspecified atom stereocenters. The van der Waals surface area contributed by atoms with Crippen LogP contribution in [0, 0.1) is 13.8 Å². The molecule has 0 saturated heterocycles. The number of rotatable bonds is 1. The predicted octanol–water partition coefficient (Wildman–Crippen LogP) is 2.23. The number of hydrogen-bond acceptors (Lipinski definition) is 0. The van der Waals surface area contributed by atoms with Crippen LogP contribution in [-0.2, 0) is 6.54 Å². The van der Waals surface area contributed by atoms with E-state index in [2.05, 4.69) is 43.7 Å². The van der Waals surface area contributed by atoms with Crippen molar-refractivity contribution in [1.82, 2.24) is 0 Å². The van der Waals surface area contributed by atoms with Gasteiger partial charge in [-0.15, -0.1) is 24.0 Å². The van der Waals surface area contributed by atoms with Gasteiger partial charge in [-0.2, -0.15) is 0 Å². The Kier molecular flexibility index (Phi) is 4.65. The van der Waals surface area contributed by atoms with Gasteiger partial charge in [-0.3, -0.25) is 0 Å². The van der Waals surface area contributed by atoms with Crippen LogP contribution in [0.5, 0.6) is 0 Å². The maximum Gasteiger partial charge on any atom is 0.178 e. The number of nitrogens with zero attached hydrogens (tertiary/aromatic N) is 1. The number of aromatic nitrogens is 1.